The SMILES string of the molecule is Cc1cc(F)ccc1Oc1cc(C#N)ccc1C(=O)Nc1cccc(S(N)(=O)=O)c1. The number of hydrogen-bond acceptors (Lipinski definition) is 5. The number of rotatable bonds is 5. The van der Waals surface area contributed by atoms with Crippen LogP contribution in [0.5, 0.6) is 11.5 Å². The fraction of sp³-hybridized carbons (Fsp3) is 0.0476. The lowest BCUT2D eigenvalue weighted by Gasteiger charge is -2.14. The van der Waals surface area contributed by atoms with Crippen molar-refractivity contribution >= 4 is 21.6 Å². The van der Waals surface area contributed by atoms with Crippen LogP contribution < -0.4 is 15.2 Å². The van der Waals surface area contributed by atoms with E-state index >= 15 is 0 Å². The molecular weight excluding hydrogens is 409 g/mol. The summed E-state index contributed by atoms with van der Waals surface area (Å²) >= 11 is 0. The van der Waals surface area contributed by atoms with Crippen molar-refractivity contribution in [3.63, 3.8) is 0 Å². The van der Waals surface area contributed by atoms with Crippen molar-refractivity contribution in [1.29, 1.82) is 5.26 Å². The molecule has 152 valence electrons. The summed E-state index contributed by atoms with van der Waals surface area (Å²) in [6.45, 7) is 1.64. The van der Waals surface area contributed by atoms with Crippen molar-refractivity contribution in [1.82, 2.24) is 0 Å². The number of primary sulfonamides is 1. The van der Waals surface area contributed by atoms with Gasteiger partial charge < -0.3 is 10.1 Å². The van der Waals surface area contributed by atoms with Crippen LogP contribution in [0, 0.1) is 24.1 Å². The molecule has 3 N–H and O–H groups in total. The predicted molar refractivity (Wildman–Crippen MR) is 108 cm³/mol. The Morgan fingerprint density at radius 2 is 1.87 bits per heavy atom. The summed E-state index contributed by atoms with van der Waals surface area (Å²) in [6.07, 6.45) is 0. The summed E-state index contributed by atoms with van der Waals surface area (Å²) in [7, 11) is -3.93. The van der Waals surface area contributed by atoms with Gasteiger partial charge in [-0.25, -0.2) is 17.9 Å². The zero-order valence-electron chi connectivity index (χ0n) is 15.7. The summed E-state index contributed by atoms with van der Waals surface area (Å²) in [5.41, 5.74) is 1.07. The second-order valence-corrected chi connectivity index (χ2v) is 7.92. The number of hydrogen-bond donors (Lipinski definition) is 2. The molecule has 30 heavy (non-hydrogen) atoms. The number of carbonyl (C=O) groups is 1. The summed E-state index contributed by atoms with van der Waals surface area (Å²) in [5.74, 6) is -0.625. The fourth-order valence-corrected chi connectivity index (χ4v) is 3.22. The van der Waals surface area contributed by atoms with Crippen molar-refractivity contribution in [2.45, 2.75) is 11.8 Å². The minimum atomic E-state index is -3.93. The fourth-order valence-electron chi connectivity index (χ4n) is 2.66. The first-order valence-electron chi connectivity index (χ1n) is 8.60. The zero-order chi connectivity index (χ0) is 21.9. The lowest BCUT2D eigenvalue weighted by Crippen LogP contribution is -2.15. The van der Waals surface area contributed by atoms with Crippen molar-refractivity contribution in [2.24, 2.45) is 5.14 Å². The van der Waals surface area contributed by atoms with Gasteiger partial charge in [0.25, 0.3) is 5.91 Å². The quantitative estimate of drug-likeness (QED) is 0.645. The van der Waals surface area contributed by atoms with Crippen molar-refractivity contribution in [2.75, 3.05) is 5.32 Å². The molecule has 0 bridgehead atoms. The van der Waals surface area contributed by atoms with E-state index in [0.717, 1.165) is 0 Å². The average molecular weight is 425 g/mol. The minimum absolute atomic E-state index is 0.0869. The van der Waals surface area contributed by atoms with Crippen LogP contribution in [-0.2, 0) is 10.0 Å². The largest absolute Gasteiger partial charge is 0.456 e. The molecule has 0 saturated carbocycles. The van der Waals surface area contributed by atoms with E-state index in [2.05, 4.69) is 5.32 Å². The van der Waals surface area contributed by atoms with Crippen LogP contribution in [0.25, 0.3) is 0 Å². The van der Waals surface area contributed by atoms with E-state index in [1.807, 2.05) is 6.07 Å². The predicted octanol–water partition coefficient (Wildman–Crippen LogP) is 3.70. The van der Waals surface area contributed by atoms with Gasteiger partial charge in [-0.05, 0) is 67.1 Å². The Balaban J connectivity index is 1.95. The maximum atomic E-state index is 13.4. The first-order chi connectivity index (χ1) is 14.2. The summed E-state index contributed by atoms with van der Waals surface area (Å²) in [4.78, 5) is 12.7. The topological polar surface area (TPSA) is 122 Å². The molecule has 0 aliphatic carbocycles. The number of ether oxygens (including phenoxy) is 1. The number of nitrogens with zero attached hydrogens (tertiary/aromatic N) is 1. The highest BCUT2D eigenvalue weighted by molar-refractivity contribution is 7.89. The molecule has 0 spiro atoms. The van der Waals surface area contributed by atoms with Crippen LogP contribution in [0.1, 0.15) is 21.5 Å². The monoisotopic (exact) mass is 425 g/mol. The standard InChI is InChI=1S/C21H16FN3O4S/c1-13-9-15(22)6-8-19(13)29-20-10-14(12-23)5-7-18(20)21(26)25-16-3-2-4-17(11-16)30(24,27)28/h2-11H,1H3,(H,25,26)(H2,24,27,28). The van der Waals surface area contributed by atoms with Gasteiger partial charge in [0, 0.05) is 5.69 Å². The Bertz CT molecular complexity index is 1280. The van der Waals surface area contributed by atoms with Gasteiger partial charge in [0.1, 0.15) is 17.3 Å². The second kappa shape index (κ2) is 8.32. The third kappa shape index (κ3) is 4.81. The Morgan fingerprint density at radius 3 is 2.53 bits per heavy atom. The maximum absolute atomic E-state index is 13.4. The van der Waals surface area contributed by atoms with Crippen LogP contribution in [-0.4, -0.2) is 14.3 Å². The number of aryl methyl sites for hydroxylation is 1. The molecule has 0 aliphatic rings. The Labute approximate surface area is 172 Å². The third-order valence-electron chi connectivity index (χ3n) is 4.13. The van der Waals surface area contributed by atoms with E-state index in [9.17, 15) is 17.6 Å². The van der Waals surface area contributed by atoms with Crippen LogP contribution in [0.3, 0.4) is 0 Å². The van der Waals surface area contributed by atoms with Crippen LogP contribution in [0.15, 0.2) is 65.6 Å². The summed E-state index contributed by atoms with van der Waals surface area (Å²) in [5, 5.41) is 16.9. The number of carbonyl (C=O) groups excluding carboxylic acids is 1. The molecule has 0 heterocycles. The molecule has 0 unspecified atom stereocenters. The molecule has 9 heteroatoms. The molecule has 0 saturated heterocycles. The second-order valence-electron chi connectivity index (χ2n) is 6.36. The van der Waals surface area contributed by atoms with Crippen molar-refractivity contribution in [3.8, 4) is 17.6 Å². The maximum Gasteiger partial charge on any atom is 0.259 e. The third-order valence-corrected chi connectivity index (χ3v) is 5.04. The molecule has 3 rings (SSSR count). The Kier molecular flexibility index (Phi) is 5.82. The number of sulfonamides is 1. The van der Waals surface area contributed by atoms with Gasteiger partial charge in [0.2, 0.25) is 10.0 Å². The first kappa shape index (κ1) is 21.0. The highest BCUT2D eigenvalue weighted by Gasteiger charge is 2.17. The summed E-state index contributed by atoms with van der Waals surface area (Å²) in [6, 6.07) is 15.6. The minimum Gasteiger partial charge on any atom is -0.456 e. The van der Waals surface area contributed by atoms with E-state index in [1.54, 1.807) is 6.92 Å². The number of anilines is 1. The number of halogens is 1. The molecule has 0 radical (unpaired) electrons. The number of nitriles is 1. The normalized spacial score (nSPS) is 10.9. The van der Waals surface area contributed by atoms with Gasteiger partial charge >= 0.3 is 0 Å². The highest BCUT2D eigenvalue weighted by atomic mass is 32.2. The summed E-state index contributed by atoms with van der Waals surface area (Å²) < 4.78 is 42.2. The molecule has 0 aliphatic heterocycles. The van der Waals surface area contributed by atoms with Gasteiger partial charge in [0.05, 0.1) is 22.1 Å². The molecule has 3 aromatic carbocycles. The molecule has 7 nitrogen and oxygen atoms in total. The van der Waals surface area contributed by atoms with E-state index in [1.165, 1.54) is 60.7 Å². The number of benzene rings is 3. The number of nitrogens with one attached hydrogen (secondary N) is 1. The lowest BCUT2D eigenvalue weighted by molar-refractivity contribution is 0.102. The van der Waals surface area contributed by atoms with Gasteiger partial charge in [-0.1, -0.05) is 6.07 Å². The molecule has 0 fully saturated rings. The van der Waals surface area contributed by atoms with E-state index in [0.29, 0.717) is 11.3 Å². The average Bonchev–Trinajstić information content (AvgIpc) is 2.69. The Hall–Kier alpha value is -3.74. The first-order valence-corrected chi connectivity index (χ1v) is 10.1. The van der Waals surface area contributed by atoms with E-state index < -0.39 is 21.7 Å². The lowest BCUT2D eigenvalue weighted by atomic mass is 10.1. The zero-order valence-corrected chi connectivity index (χ0v) is 16.5. The van der Waals surface area contributed by atoms with Gasteiger partial charge in [-0.3, -0.25) is 4.79 Å². The van der Waals surface area contributed by atoms with E-state index in [-0.39, 0.29) is 27.5 Å². The van der Waals surface area contributed by atoms with Crippen molar-refractivity contribution in [3.05, 3.63) is 83.2 Å². The van der Waals surface area contributed by atoms with Gasteiger partial charge in [-0.15, -0.1) is 0 Å². The van der Waals surface area contributed by atoms with Crippen LogP contribution in [0.4, 0.5) is 10.1 Å². The van der Waals surface area contributed by atoms with Crippen molar-refractivity contribution < 1.29 is 22.3 Å². The van der Waals surface area contributed by atoms with Gasteiger partial charge in [-0.2, -0.15) is 5.26 Å². The molecular formula is C21H16FN3O4S. The molecule has 0 aromatic heterocycles. The molecule has 0 atom stereocenters. The Morgan fingerprint density at radius 1 is 1.10 bits per heavy atom. The van der Waals surface area contributed by atoms with E-state index in [4.69, 9.17) is 15.1 Å². The van der Waals surface area contributed by atoms with Crippen LogP contribution in [0.2, 0.25) is 0 Å². The number of nitrogens with two attached hydrogens (primary N) is 1. The number of amides is 1. The smallest absolute Gasteiger partial charge is 0.259 e. The molecule has 1 amide bonds. The van der Waals surface area contributed by atoms with Gasteiger partial charge in [0.15, 0.2) is 0 Å². The highest BCUT2D eigenvalue weighted by Crippen LogP contribution is 2.30. The van der Waals surface area contributed by atoms with Crippen LogP contribution >= 0.6 is 0 Å². The molecule has 3 aromatic rings.